The first-order valence-electron chi connectivity index (χ1n) is 5.05. The van der Waals surface area contributed by atoms with Gasteiger partial charge in [-0.3, -0.25) is 0 Å². The van der Waals surface area contributed by atoms with Crippen molar-refractivity contribution in [1.82, 2.24) is 4.98 Å². The fourth-order valence-corrected chi connectivity index (χ4v) is 1.87. The van der Waals surface area contributed by atoms with Gasteiger partial charge in [0.15, 0.2) is 11.6 Å². The van der Waals surface area contributed by atoms with E-state index in [1.165, 1.54) is 18.3 Å². The molecule has 7 heteroatoms. The van der Waals surface area contributed by atoms with Crippen LogP contribution in [-0.4, -0.2) is 9.97 Å². The van der Waals surface area contributed by atoms with Crippen LogP contribution in [-0.2, 0) is 0 Å². The molecule has 0 amide bonds. The summed E-state index contributed by atoms with van der Waals surface area (Å²) in [6.45, 7) is 0. The van der Waals surface area contributed by atoms with Gasteiger partial charge in [0.05, 0.1) is 0 Å². The molecular weight excluding hydrogens is 338 g/mol. The zero-order valence-corrected chi connectivity index (χ0v) is 11.8. The van der Waals surface area contributed by atoms with Crippen LogP contribution in [0, 0.1) is 11.6 Å². The van der Waals surface area contributed by atoms with Crippen molar-refractivity contribution in [3.63, 3.8) is 0 Å². The van der Waals surface area contributed by atoms with Gasteiger partial charge < -0.3 is 10.5 Å². The van der Waals surface area contributed by atoms with Crippen molar-refractivity contribution in [3.8, 4) is 11.6 Å². The average molecular weight is 345 g/mol. The third kappa shape index (κ3) is 3.24. The largest absolute Gasteiger partial charge is 0.436 e. The number of rotatable bonds is 3. The van der Waals surface area contributed by atoms with Crippen molar-refractivity contribution in [2.24, 2.45) is 5.73 Å². The molecule has 0 bridgehead atoms. The minimum absolute atomic E-state index is 0.0710. The number of aromatic nitrogens is 1. The van der Waals surface area contributed by atoms with E-state index < -0.39 is 11.6 Å². The van der Waals surface area contributed by atoms with E-state index in [0.29, 0.717) is 10.0 Å². The van der Waals surface area contributed by atoms with Crippen LogP contribution in [0.15, 0.2) is 34.9 Å². The molecule has 0 aliphatic heterocycles. The van der Waals surface area contributed by atoms with E-state index in [2.05, 4.69) is 20.9 Å². The normalized spacial score (nSPS) is 10.3. The molecule has 1 aromatic carbocycles. The topological polar surface area (TPSA) is 48.1 Å². The van der Waals surface area contributed by atoms with Crippen LogP contribution in [0.3, 0.4) is 0 Å². The van der Waals surface area contributed by atoms with Gasteiger partial charge in [0.1, 0.15) is 4.99 Å². The standard InChI is InChI=1S/C12H7BrF2N2OS/c13-7-4-8(14)11(15)9(5-7)18-10-3-6(12(16)19)1-2-17-10/h1-5H,(H2,16,19). The summed E-state index contributed by atoms with van der Waals surface area (Å²) in [5, 5.41) is 0. The van der Waals surface area contributed by atoms with Crippen LogP contribution < -0.4 is 10.5 Å². The molecule has 0 spiro atoms. The third-order valence-corrected chi connectivity index (χ3v) is 2.89. The third-order valence-electron chi connectivity index (χ3n) is 2.19. The van der Waals surface area contributed by atoms with E-state index in [9.17, 15) is 8.78 Å². The Bertz CT molecular complexity index is 652. The predicted molar refractivity (Wildman–Crippen MR) is 74.3 cm³/mol. The van der Waals surface area contributed by atoms with Crippen molar-refractivity contribution < 1.29 is 13.5 Å². The summed E-state index contributed by atoms with van der Waals surface area (Å²) in [5.74, 6) is -2.32. The average Bonchev–Trinajstić information content (AvgIpc) is 2.35. The lowest BCUT2D eigenvalue weighted by molar-refractivity contribution is 0.405. The molecule has 0 saturated carbocycles. The van der Waals surface area contributed by atoms with Gasteiger partial charge in [0.2, 0.25) is 11.7 Å². The Kier molecular flexibility index (Phi) is 4.06. The molecule has 3 nitrogen and oxygen atoms in total. The molecule has 0 atom stereocenters. The first-order chi connectivity index (χ1) is 8.97. The second kappa shape index (κ2) is 5.58. The molecule has 0 saturated heterocycles. The summed E-state index contributed by atoms with van der Waals surface area (Å²) < 4.78 is 32.3. The second-order valence-electron chi connectivity index (χ2n) is 3.55. The Labute approximate surface area is 121 Å². The zero-order valence-electron chi connectivity index (χ0n) is 9.36. The summed E-state index contributed by atoms with van der Waals surface area (Å²) >= 11 is 7.86. The molecule has 2 N–H and O–H groups in total. The molecular formula is C12H7BrF2N2OS. The highest BCUT2D eigenvalue weighted by molar-refractivity contribution is 9.10. The van der Waals surface area contributed by atoms with E-state index in [-0.39, 0.29) is 16.6 Å². The summed E-state index contributed by atoms with van der Waals surface area (Å²) in [4.78, 5) is 4.04. The first kappa shape index (κ1) is 13.8. The number of halogens is 3. The number of benzene rings is 1. The van der Waals surface area contributed by atoms with Gasteiger partial charge >= 0.3 is 0 Å². The number of thiocarbonyl (C=S) groups is 1. The van der Waals surface area contributed by atoms with E-state index in [0.717, 1.165) is 6.07 Å². The summed E-state index contributed by atoms with van der Waals surface area (Å²) in [7, 11) is 0. The van der Waals surface area contributed by atoms with E-state index in [1.807, 2.05) is 0 Å². The van der Waals surface area contributed by atoms with Crippen LogP contribution in [0.2, 0.25) is 0 Å². The molecule has 0 radical (unpaired) electrons. The molecule has 98 valence electrons. The van der Waals surface area contributed by atoms with Gasteiger partial charge in [0.25, 0.3) is 0 Å². The van der Waals surface area contributed by atoms with Gasteiger partial charge in [-0.2, -0.15) is 4.39 Å². The molecule has 1 aromatic heterocycles. The van der Waals surface area contributed by atoms with Crippen molar-refractivity contribution >= 4 is 33.1 Å². The Balaban J connectivity index is 2.36. The summed E-state index contributed by atoms with van der Waals surface area (Å²) in [6.07, 6.45) is 1.41. The number of ether oxygens (including phenoxy) is 1. The van der Waals surface area contributed by atoms with Crippen LogP contribution in [0.1, 0.15) is 5.56 Å². The molecule has 19 heavy (non-hydrogen) atoms. The summed E-state index contributed by atoms with van der Waals surface area (Å²) in [6, 6.07) is 5.34. The van der Waals surface area contributed by atoms with Gasteiger partial charge in [-0.25, -0.2) is 9.37 Å². The monoisotopic (exact) mass is 344 g/mol. The van der Waals surface area contributed by atoms with Crippen molar-refractivity contribution in [2.75, 3.05) is 0 Å². The molecule has 0 unspecified atom stereocenters. The molecule has 2 rings (SSSR count). The maximum atomic E-state index is 13.5. The van der Waals surface area contributed by atoms with Gasteiger partial charge in [-0.1, -0.05) is 28.1 Å². The van der Waals surface area contributed by atoms with Gasteiger partial charge in [-0.05, 0) is 18.2 Å². The highest BCUT2D eigenvalue weighted by Gasteiger charge is 2.13. The second-order valence-corrected chi connectivity index (χ2v) is 4.90. The smallest absolute Gasteiger partial charge is 0.220 e. The SMILES string of the molecule is NC(=S)c1ccnc(Oc2cc(Br)cc(F)c2F)c1. The Morgan fingerprint density at radius 2 is 2.05 bits per heavy atom. The maximum Gasteiger partial charge on any atom is 0.220 e. The van der Waals surface area contributed by atoms with Crippen LogP contribution in [0.25, 0.3) is 0 Å². The van der Waals surface area contributed by atoms with Crippen molar-refractivity contribution in [2.45, 2.75) is 0 Å². The summed E-state index contributed by atoms with van der Waals surface area (Å²) in [5.41, 5.74) is 5.98. The fourth-order valence-electron chi connectivity index (χ4n) is 1.34. The lowest BCUT2D eigenvalue weighted by atomic mass is 10.2. The number of hydrogen-bond acceptors (Lipinski definition) is 3. The number of nitrogens with two attached hydrogens (primary N) is 1. The van der Waals surface area contributed by atoms with Gasteiger partial charge in [-0.15, -0.1) is 0 Å². The Hall–Kier alpha value is -1.60. The van der Waals surface area contributed by atoms with Crippen LogP contribution >= 0.6 is 28.1 Å². The number of nitrogens with zero attached hydrogens (tertiary/aromatic N) is 1. The van der Waals surface area contributed by atoms with E-state index >= 15 is 0 Å². The van der Waals surface area contributed by atoms with Crippen LogP contribution in [0.5, 0.6) is 11.6 Å². The Morgan fingerprint density at radius 1 is 1.32 bits per heavy atom. The molecule has 0 aliphatic rings. The lowest BCUT2D eigenvalue weighted by Crippen LogP contribution is -2.09. The highest BCUT2D eigenvalue weighted by Crippen LogP contribution is 2.28. The number of pyridine rings is 1. The molecule has 1 heterocycles. The molecule has 2 aromatic rings. The molecule has 0 aliphatic carbocycles. The number of hydrogen-bond donors (Lipinski definition) is 1. The maximum absolute atomic E-state index is 13.5. The van der Waals surface area contributed by atoms with E-state index in [1.54, 1.807) is 6.07 Å². The van der Waals surface area contributed by atoms with Crippen molar-refractivity contribution in [3.05, 3.63) is 52.1 Å². The lowest BCUT2D eigenvalue weighted by Gasteiger charge is -2.08. The highest BCUT2D eigenvalue weighted by atomic mass is 79.9. The minimum Gasteiger partial charge on any atom is -0.436 e. The van der Waals surface area contributed by atoms with Gasteiger partial charge in [0, 0.05) is 22.3 Å². The fraction of sp³-hybridized carbons (Fsp3) is 0. The predicted octanol–water partition coefficient (Wildman–Crippen LogP) is 3.55. The molecule has 0 fully saturated rings. The van der Waals surface area contributed by atoms with E-state index in [4.69, 9.17) is 22.7 Å². The van der Waals surface area contributed by atoms with Crippen LogP contribution in [0.4, 0.5) is 8.78 Å². The van der Waals surface area contributed by atoms with Crippen molar-refractivity contribution in [1.29, 1.82) is 0 Å². The minimum atomic E-state index is -1.09. The zero-order chi connectivity index (χ0) is 14.0. The quantitative estimate of drug-likeness (QED) is 0.683. The first-order valence-corrected chi connectivity index (χ1v) is 6.26. The Morgan fingerprint density at radius 3 is 2.74 bits per heavy atom.